The summed E-state index contributed by atoms with van der Waals surface area (Å²) in [5, 5.41) is 3.41. The van der Waals surface area contributed by atoms with Gasteiger partial charge in [0.05, 0.1) is 12.7 Å². The summed E-state index contributed by atoms with van der Waals surface area (Å²) in [6, 6.07) is 9.41. The Labute approximate surface area is 109 Å². The third-order valence-corrected chi connectivity index (χ3v) is 4.07. The Kier molecular flexibility index (Phi) is 3.52. The van der Waals surface area contributed by atoms with Crippen molar-refractivity contribution in [2.45, 2.75) is 31.9 Å². The van der Waals surface area contributed by atoms with E-state index in [1.54, 1.807) is 0 Å². The number of benzene rings is 1. The van der Waals surface area contributed by atoms with Crippen LogP contribution in [-0.4, -0.2) is 38.4 Å². The minimum Gasteiger partial charge on any atom is -0.374 e. The zero-order valence-corrected chi connectivity index (χ0v) is 11.1. The van der Waals surface area contributed by atoms with Crippen molar-refractivity contribution in [3.05, 3.63) is 29.8 Å². The van der Waals surface area contributed by atoms with Gasteiger partial charge in [0.2, 0.25) is 0 Å². The Bertz CT molecular complexity index is 401. The van der Waals surface area contributed by atoms with E-state index in [1.807, 2.05) is 0 Å². The predicted octanol–water partition coefficient (Wildman–Crippen LogP) is 1.82. The van der Waals surface area contributed by atoms with E-state index in [1.165, 1.54) is 24.1 Å². The van der Waals surface area contributed by atoms with E-state index in [0.29, 0.717) is 12.1 Å². The quantitative estimate of drug-likeness (QED) is 0.861. The van der Waals surface area contributed by atoms with Gasteiger partial charge in [0.1, 0.15) is 0 Å². The smallest absolute Gasteiger partial charge is 0.0874 e. The van der Waals surface area contributed by atoms with Crippen molar-refractivity contribution in [3.8, 4) is 0 Å². The monoisotopic (exact) mass is 246 g/mol. The molecule has 3 nitrogen and oxygen atoms in total. The Hall–Kier alpha value is -1.06. The van der Waals surface area contributed by atoms with Crippen LogP contribution in [0.2, 0.25) is 0 Å². The van der Waals surface area contributed by atoms with Crippen LogP contribution in [0.1, 0.15) is 18.9 Å². The number of anilines is 1. The van der Waals surface area contributed by atoms with Crippen LogP contribution in [0.25, 0.3) is 0 Å². The molecule has 0 aliphatic carbocycles. The number of morpholine rings is 1. The summed E-state index contributed by atoms with van der Waals surface area (Å²) < 4.78 is 5.84. The van der Waals surface area contributed by atoms with Crippen molar-refractivity contribution >= 4 is 5.69 Å². The Balaban J connectivity index is 1.77. The third-order valence-electron chi connectivity index (χ3n) is 4.07. The van der Waals surface area contributed by atoms with Gasteiger partial charge in [-0.25, -0.2) is 0 Å². The van der Waals surface area contributed by atoms with Gasteiger partial charge in [0.25, 0.3) is 0 Å². The number of rotatable bonds is 2. The van der Waals surface area contributed by atoms with Crippen molar-refractivity contribution in [2.24, 2.45) is 0 Å². The van der Waals surface area contributed by atoms with Crippen LogP contribution in [0.5, 0.6) is 0 Å². The molecule has 1 N–H and O–H groups in total. The van der Waals surface area contributed by atoms with E-state index >= 15 is 0 Å². The molecular formula is C15H22N2O. The Morgan fingerprint density at radius 3 is 3.11 bits per heavy atom. The lowest BCUT2D eigenvalue weighted by atomic mass is 9.96. The first-order valence-corrected chi connectivity index (χ1v) is 7.01. The Morgan fingerprint density at radius 2 is 2.28 bits per heavy atom. The number of hydrogen-bond acceptors (Lipinski definition) is 3. The standard InChI is InChI=1S/C15H22N2O/c1-12-6-7-13-4-2-3-5-15(13)17(12)11-14-10-16-8-9-18-14/h2-5,12,14,16H,6-11H2,1H3. The summed E-state index contributed by atoms with van der Waals surface area (Å²) in [6.07, 6.45) is 2.78. The molecule has 18 heavy (non-hydrogen) atoms. The number of para-hydroxylation sites is 1. The first-order chi connectivity index (χ1) is 8.84. The number of aryl methyl sites for hydroxylation is 1. The van der Waals surface area contributed by atoms with Crippen molar-refractivity contribution < 1.29 is 4.74 Å². The van der Waals surface area contributed by atoms with Gasteiger partial charge in [0, 0.05) is 31.4 Å². The highest BCUT2D eigenvalue weighted by Gasteiger charge is 2.26. The predicted molar refractivity (Wildman–Crippen MR) is 74.2 cm³/mol. The second-order valence-corrected chi connectivity index (χ2v) is 5.37. The average Bonchev–Trinajstić information content (AvgIpc) is 2.43. The maximum atomic E-state index is 5.84. The molecule has 1 fully saturated rings. The molecule has 2 heterocycles. The normalized spacial score (nSPS) is 27.9. The first-order valence-electron chi connectivity index (χ1n) is 7.01. The molecule has 1 saturated heterocycles. The highest BCUT2D eigenvalue weighted by molar-refractivity contribution is 5.56. The molecule has 2 aliphatic heterocycles. The fourth-order valence-corrected chi connectivity index (χ4v) is 2.99. The molecule has 0 spiro atoms. The third kappa shape index (κ3) is 2.38. The molecule has 0 aromatic heterocycles. The van der Waals surface area contributed by atoms with Crippen molar-refractivity contribution in [3.63, 3.8) is 0 Å². The molecular weight excluding hydrogens is 224 g/mol. The number of nitrogens with zero attached hydrogens (tertiary/aromatic N) is 1. The lowest BCUT2D eigenvalue weighted by Gasteiger charge is -2.40. The summed E-state index contributed by atoms with van der Waals surface area (Å²) in [5.41, 5.74) is 2.89. The molecule has 0 amide bonds. The van der Waals surface area contributed by atoms with Crippen LogP contribution in [-0.2, 0) is 11.2 Å². The van der Waals surface area contributed by atoms with Crippen molar-refractivity contribution in [1.82, 2.24) is 5.32 Å². The van der Waals surface area contributed by atoms with Crippen LogP contribution in [0.4, 0.5) is 5.69 Å². The van der Waals surface area contributed by atoms with Gasteiger partial charge >= 0.3 is 0 Å². The molecule has 2 unspecified atom stereocenters. The van der Waals surface area contributed by atoms with Crippen molar-refractivity contribution in [2.75, 3.05) is 31.1 Å². The fourth-order valence-electron chi connectivity index (χ4n) is 2.99. The molecule has 3 heteroatoms. The number of hydrogen-bond donors (Lipinski definition) is 1. The van der Waals surface area contributed by atoms with E-state index < -0.39 is 0 Å². The SMILES string of the molecule is CC1CCc2ccccc2N1CC1CNCCO1. The minimum atomic E-state index is 0.326. The summed E-state index contributed by atoms with van der Waals surface area (Å²) in [4.78, 5) is 2.52. The molecule has 1 aromatic rings. The van der Waals surface area contributed by atoms with Gasteiger partial charge in [0.15, 0.2) is 0 Å². The van der Waals surface area contributed by atoms with Gasteiger partial charge < -0.3 is 15.0 Å². The highest BCUT2D eigenvalue weighted by atomic mass is 16.5. The molecule has 98 valence electrons. The molecule has 0 bridgehead atoms. The van der Waals surface area contributed by atoms with E-state index in [4.69, 9.17) is 4.74 Å². The van der Waals surface area contributed by atoms with E-state index in [9.17, 15) is 0 Å². The maximum absolute atomic E-state index is 5.84. The average molecular weight is 246 g/mol. The van der Waals surface area contributed by atoms with Crippen LogP contribution in [0, 0.1) is 0 Å². The van der Waals surface area contributed by atoms with Crippen LogP contribution in [0.3, 0.4) is 0 Å². The molecule has 2 aliphatic rings. The lowest BCUT2D eigenvalue weighted by molar-refractivity contribution is 0.0322. The van der Waals surface area contributed by atoms with Gasteiger partial charge in [-0.2, -0.15) is 0 Å². The molecule has 2 atom stereocenters. The molecule has 1 aromatic carbocycles. The van der Waals surface area contributed by atoms with Crippen LogP contribution in [0.15, 0.2) is 24.3 Å². The van der Waals surface area contributed by atoms with E-state index in [2.05, 4.69) is 41.4 Å². The van der Waals surface area contributed by atoms with Gasteiger partial charge in [-0.3, -0.25) is 0 Å². The molecule has 3 rings (SSSR count). The van der Waals surface area contributed by atoms with E-state index in [-0.39, 0.29) is 0 Å². The summed E-state index contributed by atoms with van der Waals surface area (Å²) in [6.45, 7) is 6.14. The lowest BCUT2D eigenvalue weighted by Crippen LogP contribution is -2.49. The van der Waals surface area contributed by atoms with Crippen LogP contribution >= 0.6 is 0 Å². The summed E-state index contributed by atoms with van der Waals surface area (Å²) in [7, 11) is 0. The van der Waals surface area contributed by atoms with Crippen molar-refractivity contribution in [1.29, 1.82) is 0 Å². The maximum Gasteiger partial charge on any atom is 0.0874 e. The van der Waals surface area contributed by atoms with Gasteiger partial charge in [-0.15, -0.1) is 0 Å². The topological polar surface area (TPSA) is 24.5 Å². The summed E-state index contributed by atoms with van der Waals surface area (Å²) in [5.74, 6) is 0. The number of fused-ring (bicyclic) bond motifs is 1. The Morgan fingerprint density at radius 1 is 1.39 bits per heavy atom. The zero-order valence-electron chi connectivity index (χ0n) is 11.1. The zero-order chi connectivity index (χ0) is 12.4. The summed E-state index contributed by atoms with van der Waals surface area (Å²) >= 11 is 0. The second kappa shape index (κ2) is 5.29. The second-order valence-electron chi connectivity index (χ2n) is 5.37. The van der Waals surface area contributed by atoms with E-state index in [0.717, 1.165) is 26.2 Å². The largest absolute Gasteiger partial charge is 0.374 e. The van der Waals surface area contributed by atoms with Gasteiger partial charge in [-0.1, -0.05) is 18.2 Å². The molecule has 0 radical (unpaired) electrons. The van der Waals surface area contributed by atoms with Crippen LogP contribution < -0.4 is 10.2 Å². The number of ether oxygens (including phenoxy) is 1. The van der Waals surface area contributed by atoms with Gasteiger partial charge in [-0.05, 0) is 31.4 Å². The fraction of sp³-hybridized carbons (Fsp3) is 0.600. The highest BCUT2D eigenvalue weighted by Crippen LogP contribution is 2.30. The number of nitrogens with one attached hydrogen (secondary N) is 1. The molecule has 0 saturated carbocycles. The minimum absolute atomic E-state index is 0.326. The first kappa shape index (κ1) is 12.0.